The Morgan fingerprint density at radius 1 is 0.900 bits per heavy atom. The van der Waals surface area contributed by atoms with Gasteiger partial charge in [0.2, 0.25) is 5.91 Å². The molecule has 2 fully saturated rings. The van der Waals surface area contributed by atoms with Gasteiger partial charge >= 0.3 is 0 Å². The molecule has 0 bridgehead atoms. The molecule has 40 heavy (non-hydrogen) atoms. The molecule has 0 atom stereocenters. The molecule has 1 N–H and O–H groups in total. The highest BCUT2D eigenvalue weighted by molar-refractivity contribution is 6.00. The van der Waals surface area contributed by atoms with Crippen molar-refractivity contribution in [1.82, 2.24) is 9.80 Å². The third kappa shape index (κ3) is 5.43. The van der Waals surface area contributed by atoms with E-state index in [1.165, 1.54) is 29.8 Å². The topological polar surface area (TPSA) is 73.0 Å². The highest BCUT2D eigenvalue weighted by atomic mass is 19.1. The van der Waals surface area contributed by atoms with Crippen LogP contribution < -0.4 is 10.2 Å². The minimum atomic E-state index is -0.843. The Labute approximate surface area is 234 Å². The third-order valence-corrected chi connectivity index (χ3v) is 7.92. The molecule has 0 aliphatic carbocycles. The van der Waals surface area contributed by atoms with E-state index in [0.717, 1.165) is 5.69 Å². The van der Waals surface area contributed by atoms with Crippen LogP contribution in [0.2, 0.25) is 0 Å². The summed E-state index contributed by atoms with van der Waals surface area (Å²) in [6, 6.07) is 23.0. The number of hydrogen-bond donors (Lipinski definition) is 1. The maximum atomic E-state index is 13.9. The van der Waals surface area contributed by atoms with Crippen LogP contribution in [0.5, 0.6) is 0 Å². The van der Waals surface area contributed by atoms with Gasteiger partial charge in [-0.1, -0.05) is 51.1 Å². The van der Waals surface area contributed by atoms with Crippen LogP contribution in [-0.4, -0.2) is 59.4 Å². The Hall–Kier alpha value is -4.20. The van der Waals surface area contributed by atoms with Crippen LogP contribution in [0.25, 0.3) is 0 Å². The van der Waals surface area contributed by atoms with E-state index in [1.54, 1.807) is 4.90 Å². The third-order valence-electron chi connectivity index (χ3n) is 7.92. The quantitative estimate of drug-likeness (QED) is 0.490. The lowest BCUT2D eigenvalue weighted by Gasteiger charge is -2.43. The second-order valence-electron chi connectivity index (χ2n) is 11.6. The summed E-state index contributed by atoms with van der Waals surface area (Å²) < 4.78 is 13.2. The molecule has 8 heteroatoms. The molecule has 0 aromatic heterocycles. The van der Waals surface area contributed by atoms with Gasteiger partial charge in [-0.15, -0.1) is 0 Å². The number of hydrogen-bond acceptors (Lipinski definition) is 4. The molecular formula is C32H35FN4O3. The van der Waals surface area contributed by atoms with E-state index >= 15 is 0 Å². The molecule has 5 rings (SSSR count). The number of rotatable bonds is 5. The summed E-state index contributed by atoms with van der Waals surface area (Å²) in [7, 11) is 0. The van der Waals surface area contributed by atoms with Gasteiger partial charge in [0.25, 0.3) is 11.8 Å². The second-order valence-corrected chi connectivity index (χ2v) is 11.6. The molecule has 0 saturated carbocycles. The fourth-order valence-corrected chi connectivity index (χ4v) is 5.60. The molecule has 208 valence electrons. The molecule has 1 spiro atoms. The van der Waals surface area contributed by atoms with Crippen LogP contribution in [0.3, 0.4) is 0 Å². The zero-order valence-corrected chi connectivity index (χ0v) is 23.2. The average molecular weight is 543 g/mol. The summed E-state index contributed by atoms with van der Waals surface area (Å²) in [5.41, 5.74) is 2.33. The highest BCUT2D eigenvalue weighted by Crippen LogP contribution is 2.39. The van der Waals surface area contributed by atoms with Gasteiger partial charge in [-0.05, 0) is 72.4 Å². The maximum absolute atomic E-state index is 13.9. The first-order valence-corrected chi connectivity index (χ1v) is 13.6. The standard InChI is InChI=1S/C32H35FN4O3/c1-31(2,3)24-11-9-23(10-12-24)29(39)35-19-17-32(18-20-35)30(40)36(22-37(32)27-7-5-4-6-8-27)21-28(38)34-26-15-13-25(33)14-16-26/h4-16H,17-22H2,1-3H3,(H,34,38). The molecule has 2 saturated heterocycles. The normalized spacial score (nSPS) is 16.9. The Kier molecular flexibility index (Phi) is 7.36. The molecule has 7 nitrogen and oxygen atoms in total. The SMILES string of the molecule is CC(C)(C)c1ccc(C(=O)N2CCC3(CC2)C(=O)N(CC(=O)Nc2ccc(F)cc2)CN3c2ccccc2)cc1. The first-order valence-electron chi connectivity index (χ1n) is 13.6. The van der Waals surface area contributed by atoms with Gasteiger partial charge in [0, 0.05) is 30.0 Å². The van der Waals surface area contributed by atoms with E-state index in [0.29, 0.717) is 37.2 Å². The van der Waals surface area contributed by atoms with Crippen LogP contribution in [0.15, 0.2) is 78.9 Å². The molecule has 3 amide bonds. The number of carbonyl (C=O) groups is 3. The number of benzene rings is 3. The summed E-state index contributed by atoms with van der Waals surface area (Å²) in [5.74, 6) is -0.897. The Bertz CT molecular complexity index is 1380. The van der Waals surface area contributed by atoms with Gasteiger partial charge in [-0.3, -0.25) is 14.4 Å². The van der Waals surface area contributed by atoms with Crippen LogP contribution >= 0.6 is 0 Å². The van der Waals surface area contributed by atoms with Gasteiger partial charge in [0.1, 0.15) is 17.9 Å². The fraction of sp³-hybridized carbons (Fsp3) is 0.344. The zero-order chi connectivity index (χ0) is 28.5. The van der Waals surface area contributed by atoms with Crippen LogP contribution in [0, 0.1) is 5.82 Å². The lowest BCUT2D eigenvalue weighted by molar-refractivity contribution is -0.136. The zero-order valence-electron chi connectivity index (χ0n) is 23.2. The molecule has 0 radical (unpaired) electrons. The molecule has 2 heterocycles. The van der Waals surface area contributed by atoms with Crippen LogP contribution in [0.4, 0.5) is 15.8 Å². The van der Waals surface area contributed by atoms with Crippen LogP contribution in [0.1, 0.15) is 49.5 Å². The maximum Gasteiger partial charge on any atom is 0.253 e. The first-order chi connectivity index (χ1) is 19.1. The number of carbonyl (C=O) groups excluding carboxylic acids is 3. The molecule has 0 unspecified atom stereocenters. The van der Waals surface area contributed by atoms with Crippen molar-refractivity contribution < 1.29 is 18.8 Å². The van der Waals surface area contributed by atoms with Crippen molar-refractivity contribution in [3.05, 3.63) is 95.8 Å². The number of anilines is 2. The van der Waals surface area contributed by atoms with Gasteiger partial charge in [0.05, 0.1) is 6.67 Å². The van der Waals surface area contributed by atoms with Gasteiger partial charge in [0.15, 0.2) is 0 Å². The van der Waals surface area contributed by atoms with Crippen molar-refractivity contribution in [1.29, 1.82) is 0 Å². The molecule has 2 aliphatic rings. The minimum absolute atomic E-state index is 0.00457. The number of nitrogens with one attached hydrogen (secondary N) is 1. The van der Waals surface area contributed by atoms with E-state index in [4.69, 9.17) is 0 Å². The number of halogens is 1. The summed E-state index contributed by atoms with van der Waals surface area (Å²) in [4.78, 5) is 45.5. The van der Waals surface area contributed by atoms with Crippen molar-refractivity contribution in [2.45, 2.75) is 44.6 Å². The Balaban J connectivity index is 1.31. The Morgan fingerprint density at radius 2 is 1.52 bits per heavy atom. The summed E-state index contributed by atoms with van der Waals surface area (Å²) in [6.45, 7) is 7.43. The number of piperidine rings is 1. The monoisotopic (exact) mass is 542 g/mol. The predicted octanol–water partition coefficient (Wildman–Crippen LogP) is 5.04. The van der Waals surface area contributed by atoms with E-state index in [2.05, 4.69) is 31.0 Å². The number of para-hydroxylation sites is 1. The van der Waals surface area contributed by atoms with Crippen molar-refractivity contribution >= 4 is 29.1 Å². The Morgan fingerprint density at radius 3 is 2.12 bits per heavy atom. The van der Waals surface area contributed by atoms with Gasteiger partial charge in [-0.2, -0.15) is 0 Å². The minimum Gasteiger partial charge on any atom is -0.339 e. The van der Waals surface area contributed by atoms with Crippen LogP contribution in [-0.2, 0) is 15.0 Å². The van der Waals surface area contributed by atoms with Crippen molar-refractivity contribution in [3.63, 3.8) is 0 Å². The van der Waals surface area contributed by atoms with Crippen molar-refractivity contribution in [3.8, 4) is 0 Å². The lowest BCUT2D eigenvalue weighted by atomic mass is 9.84. The number of nitrogens with zero attached hydrogens (tertiary/aromatic N) is 3. The smallest absolute Gasteiger partial charge is 0.253 e. The second kappa shape index (κ2) is 10.8. The number of likely N-dealkylation sites (tertiary alicyclic amines) is 1. The lowest BCUT2D eigenvalue weighted by Crippen LogP contribution is -2.57. The van der Waals surface area contributed by atoms with Crippen molar-refractivity contribution in [2.24, 2.45) is 0 Å². The van der Waals surface area contributed by atoms with Gasteiger partial charge in [-0.25, -0.2) is 4.39 Å². The molecule has 3 aromatic rings. The first kappa shape index (κ1) is 27.4. The molecule has 2 aliphatic heterocycles. The summed E-state index contributed by atoms with van der Waals surface area (Å²) >= 11 is 0. The summed E-state index contributed by atoms with van der Waals surface area (Å²) in [6.07, 6.45) is 0.922. The van der Waals surface area contributed by atoms with Gasteiger partial charge < -0.3 is 20.0 Å². The predicted molar refractivity (Wildman–Crippen MR) is 154 cm³/mol. The highest BCUT2D eigenvalue weighted by Gasteiger charge is 2.54. The fourth-order valence-electron chi connectivity index (χ4n) is 5.60. The largest absolute Gasteiger partial charge is 0.339 e. The van der Waals surface area contributed by atoms with E-state index in [1.807, 2.05) is 59.5 Å². The van der Waals surface area contributed by atoms with E-state index in [-0.39, 0.29) is 42.2 Å². The average Bonchev–Trinajstić information content (AvgIpc) is 3.20. The molecular weight excluding hydrogens is 507 g/mol. The number of amides is 3. The summed E-state index contributed by atoms with van der Waals surface area (Å²) in [5, 5.41) is 2.74. The van der Waals surface area contributed by atoms with Crippen molar-refractivity contribution in [2.75, 3.05) is 36.5 Å². The van der Waals surface area contributed by atoms with E-state index < -0.39 is 5.54 Å². The van der Waals surface area contributed by atoms with E-state index in [9.17, 15) is 18.8 Å². The molecule has 3 aromatic carbocycles.